The van der Waals surface area contributed by atoms with Crippen molar-refractivity contribution in [1.29, 1.82) is 0 Å². The number of nitrogens with one attached hydrogen (secondary N) is 2. The summed E-state index contributed by atoms with van der Waals surface area (Å²) in [6.07, 6.45) is 2.27. The lowest BCUT2D eigenvalue weighted by molar-refractivity contribution is -0.120. The minimum absolute atomic E-state index is 0.0940. The van der Waals surface area contributed by atoms with Crippen LogP contribution in [0, 0.1) is 0 Å². The van der Waals surface area contributed by atoms with Gasteiger partial charge < -0.3 is 15.5 Å². The van der Waals surface area contributed by atoms with E-state index in [1.165, 1.54) is 18.0 Å². The minimum atomic E-state index is -0.427. The van der Waals surface area contributed by atoms with Gasteiger partial charge in [0.2, 0.25) is 5.91 Å². The van der Waals surface area contributed by atoms with Gasteiger partial charge in [-0.25, -0.2) is 0 Å². The van der Waals surface area contributed by atoms with Crippen molar-refractivity contribution < 1.29 is 9.59 Å². The predicted octanol–water partition coefficient (Wildman–Crippen LogP) is 2.50. The topological polar surface area (TPSA) is 74.3 Å². The Hall–Kier alpha value is -2.60. The number of hydrogen-bond donors (Lipinski definition) is 2. The van der Waals surface area contributed by atoms with Crippen LogP contribution in [0.4, 0.5) is 5.69 Å². The van der Waals surface area contributed by atoms with E-state index in [-0.39, 0.29) is 18.1 Å². The molecule has 0 bridgehead atoms. The van der Waals surface area contributed by atoms with Crippen LogP contribution in [0.15, 0.2) is 48.7 Å². The number of carbonyl (C=O) groups excluding carboxylic acids is 2. The highest BCUT2D eigenvalue weighted by Gasteiger charge is 2.09. The fraction of sp³-hybridized carbons (Fsp3) is 0.316. The summed E-state index contributed by atoms with van der Waals surface area (Å²) in [4.78, 5) is 29.9. The highest BCUT2D eigenvalue weighted by Crippen LogP contribution is 2.12. The van der Waals surface area contributed by atoms with Crippen molar-refractivity contribution in [1.82, 2.24) is 15.6 Å². The number of benzene rings is 1. The molecule has 6 nitrogen and oxygen atoms in total. The van der Waals surface area contributed by atoms with E-state index in [2.05, 4.69) is 39.6 Å². The largest absolute Gasteiger partial charge is 0.372 e. The van der Waals surface area contributed by atoms with Gasteiger partial charge in [0, 0.05) is 36.5 Å². The molecule has 0 fully saturated rings. The van der Waals surface area contributed by atoms with Crippen LogP contribution in [-0.4, -0.2) is 43.0 Å². The van der Waals surface area contributed by atoms with Crippen molar-refractivity contribution in [2.75, 3.05) is 31.1 Å². The number of amides is 2. The lowest BCUT2D eigenvalue weighted by atomic mass is 10.2. The molecular weight excluding hydrogens is 352 g/mol. The molecule has 0 aliphatic rings. The number of pyridine rings is 1. The van der Waals surface area contributed by atoms with E-state index < -0.39 is 5.91 Å². The summed E-state index contributed by atoms with van der Waals surface area (Å²) in [5.74, 6) is -0.660. The number of carbonyl (C=O) groups is 2. The van der Waals surface area contributed by atoms with E-state index in [0.717, 1.165) is 19.5 Å². The van der Waals surface area contributed by atoms with Crippen molar-refractivity contribution in [2.24, 2.45) is 0 Å². The van der Waals surface area contributed by atoms with E-state index in [9.17, 15) is 9.59 Å². The highest BCUT2D eigenvalue weighted by atomic mass is 35.5. The maximum atomic E-state index is 11.9. The molecule has 138 valence electrons. The second-order valence-corrected chi connectivity index (χ2v) is 6.10. The first kappa shape index (κ1) is 19.7. The average molecular weight is 375 g/mol. The molecule has 0 atom stereocenters. The van der Waals surface area contributed by atoms with Crippen LogP contribution in [-0.2, 0) is 4.79 Å². The highest BCUT2D eigenvalue weighted by molar-refractivity contribution is 6.30. The first-order valence-corrected chi connectivity index (χ1v) is 8.94. The Morgan fingerprint density at radius 3 is 2.62 bits per heavy atom. The third kappa shape index (κ3) is 6.37. The normalized spacial score (nSPS) is 10.2. The van der Waals surface area contributed by atoms with Gasteiger partial charge in [-0.2, -0.15) is 0 Å². The summed E-state index contributed by atoms with van der Waals surface area (Å²) in [6.45, 7) is 4.31. The second kappa shape index (κ2) is 10.4. The molecule has 2 rings (SSSR count). The molecule has 0 radical (unpaired) electrons. The second-order valence-electron chi connectivity index (χ2n) is 5.66. The molecule has 0 aliphatic heterocycles. The van der Waals surface area contributed by atoms with Gasteiger partial charge in [-0.15, -0.1) is 0 Å². The number of halogens is 1. The summed E-state index contributed by atoms with van der Waals surface area (Å²) in [5, 5.41) is 5.76. The lowest BCUT2D eigenvalue weighted by Crippen LogP contribution is -2.38. The minimum Gasteiger partial charge on any atom is -0.372 e. The third-order valence-corrected chi connectivity index (χ3v) is 4.03. The van der Waals surface area contributed by atoms with Gasteiger partial charge in [-0.05, 0) is 37.6 Å². The standard InChI is InChI=1S/C19H23ClN4O2/c1-2-24(16-7-4-3-5-8-16)12-6-10-22-18(25)14-23-19(26)17-13-15(20)9-11-21-17/h3-5,7-9,11,13H,2,6,10,12,14H2,1H3,(H,22,25)(H,23,26). The van der Waals surface area contributed by atoms with Crippen molar-refractivity contribution in [3.63, 3.8) is 0 Å². The lowest BCUT2D eigenvalue weighted by Gasteiger charge is -2.23. The third-order valence-electron chi connectivity index (χ3n) is 3.79. The first-order valence-electron chi connectivity index (χ1n) is 8.56. The Balaban J connectivity index is 1.66. The zero-order valence-electron chi connectivity index (χ0n) is 14.7. The molecule has 26 heavy (non-hydrogen) atoms. The maximum absolute atomic E-state index is 11.9. The quantitative estimate of drug-likeness (QED) is 0.661. The van der Waals surface area contributed by atoms with E-state index in [0.29, 0.717) is 11.6 Å². The number of nitrogens with zero attached hydrogens (tertiary/aromatic N) is 2. The Kier molecular flexibility index (Phi) is 7.89. The van der Waals surface area contributed by atoms with Gasteiger partial charge >= 0.3 is 0 Å². The Morgan fingerprint density at radius 1 is 1.15 bits per heavy atom. The molecule has 1 aromatic carbocycles. The molecule has 0 unspecified atom stereocenters. The van der Waals surface area contributed by atoms with Gasteiger partial charge in [0.05, 0.1) is 6.54 Å². The van der Waals surface area contributed by atoms with Crippen LogP contribution in [0.2, 0.25) is 5.02 Å². The number of hydrogen-bond acceptors (Lipinski definition) is 4. The number of aromatic nitrogens is 1. The molecule has 0 aliphatic carbocycles. The Morgan fingerprint density at radius 2 is 1.92 bits per heavy atom. The molecule has 0 spiro atoms. The zero-order valence-corrected chi connectivity index (χ0v) is 15.5. The Bertz CT molecular complexity index is 724. The maximum Gasteiger partial charge on any atom is 0.270 e. The van der Waals surface area contributed by atoms with Gasteiger partial charge in [-0.1, -0.05) is 29.8 Å². The van der Waals surface area contributed by atoms with Crippen LogP contribution >= 0.6 is 11.6 Å². The Labute approximate surface area is 158 Å². The van der Waals surface area contributed by atoms with E-state index in [4.69, 9.17) is 11.6 Å². The smallest absolute Gasteiger partial charge is 0.270 e. The summed E-state index contributed by atoms with van der Waals surface area (Å²) < 4.78 is 0. The monoisotopic (exact) mass is 374 g/mol. The number of anilines is 1. The summed E-state index contributed by atoms with van der Waals surface area (Å²) in [7, 11) is 0. The summed E-state index contributed by atoms with van der Waals surface area (Å²) in [6, 6.07) is 13.2. The molecule has 0 saturated carbocycles. The van der Waals surface area contributed by atoms with Crippen LogP contribution < -0.4 is 15.5 Å². The van der Waals surface area contributed by atoms with Gasteiger partial charge in [0.1, 0.15) is 5.69 Å². The van der Waals surface area contributed by atoms with Crippen LogP contribution in [0.25, 0.3) is 0 Å². The first-order chi connectivity index (χ1) is 12.6. The fourth-order valence-electron chi connectivity index (χ4n) is 2.45. The number of para-hydroxylation sites is 1. The number of rotatable bonds is 9. The zero-order chi connectivity index (χ0) is 18.8. The fourth-order valence-corrected chi connectivity index (χ4v) is 2.61. The van der Waals surface area contributed by atoms with Crippen molar-refractivity contribution in [2.45, 2.75) is 13.3 Å². The van der Waals surface area contributed by atoms with E-state index in [1.807, 2.05) is 18.2 Å². The molecule has 2 aromatic rings. The summed E-state index contributed by atoms with van der Waals surface area (Å²) >= 11 is 5.81. The van der Waals surface area contributed by atoms with E-state index in [1.54, 1.807) is 6.07 Å². The molecule has 1 heterocycles. The predicted molar refractivity (Wildman–Crippen MR) is 104 cm³/mol. The van der Waals surface area contributed by atoms with Gasteiger partial charge in [0.15, 0.2) is 0 Å². The average Bonchev–Trinajstić information content (AvgIpc) is 2.67. The SMILES string of the molecule is CCN(CCCNC(=O)CNC(=O)c1cc(Cl)ccn1)c1ccccc1. The van der Waals surface area contributed by atoms with Crippen molar-refractivity contribution in [3.05, 3.63) is 59.4 Å². The van der Waals surface area contributed by atoms with Gasteiger partial charge in [-0.3, -0.25) is 14.6 Å². The van der Waals surface area contributed by atoms with Crippen LogP contribution in [0.5, 0.6) is 0 Å². The van der Waals surface area contributed by atoms with Crippen molar-refractivity contribution in [3.8, 4) is 0 Å². The molecule has 7 heteroatoms. The molecule has 1 aromatic heterocycles. The molecular formula is C19H23ClN4O2. The van der Waals surface area contributed by atoms with E-state index >= 15 is 0 Å². The summed E-state index contributed by atoms with van der Waals surface area (Å²) in [5.41, 5.74) is 1.36. The van der Waals surface area contributed by atoms with Crippen molar-refractivity contribution >= 4 is 29.1 Å². The van der Waals surface area contributed by atoms with Gasteiger partial charge in [0.25, 0.3) is 5.91 Å². The van der Waals surface area contributed by atoms with Crippen LogP contribution in [0.3, 0.4) is 0 Å². The molecule has 2 N–H and O–H groups in total. The molecule has 2 amide bonds. The molecule has 0 saturated heterocycles. The van der Waals surface area contributed by atoms with Crippen LogP contribution in [0.1, 0.15) is 23.8 Å².